The van der Waals surface area contributed by atoms with Crippen LogP contribution in [0.2, 0.25) is 0 Å². The van der Waals surface area contributed by atoms with Crippen molar-refractivity contribution in [2.24, 2.45) is 0 Å². The molecule has 0 atom stereocenters. The number of carbonyl (C=O) groups is 1. The highest BCUT2D eigenvalue weighted by atomic mass is 32.1. The minimum atomic E-state index is -0.0734. The Hall–Kier alpha value is -2.79. The van der Waals surface area contributed by atoms with Gasteiger partial charge in [-0.1, -0.05) is 30.3 Å². The zero-order valence-corrected chi connectivity index (χ0v) is 16.4. The van der Waals surface area contributed by atoms with Crippen molar-refractivity contribution in [1.82, 2.24) is 15.3 Å². The maximum absolute atomic E-state index is 12.9. The first-order chi connectivity index (χ1) is 13.8. The number of hydrogen-bond acceptors (Lipinski definition) is 4. The highest BCUT2D eigenvalue weighted by Crippen LogP contribution is 2.28. The van der Waals surface area contributed by atoms with Gasteiger partial charge >= 0.3 is 0 Å². The van der Waals surface area contributed by atoms with E-state index in [0.29, 0.717) is 12.1 Å². The largest absolute Gasteiger partial charge is 0.352 e. The van der Waals surface area contributed by atoms with Gasteiger partial charge in [-0.15, -0.1) is 11.3 Å². The molecule has 0 aliphatic heterocycles. The van der Waals surface area contributed by atoms with E-state index >= 15 is 0 Å². The van der Waals surface area contributed by atoms with Crippen molar-refractivity contribution in [2.45, 2.75) is 32.1 Å². The van der Waals surface area contributed by atoms with Crippen molar-refractivity contribution in [3.63, 3.8) is 0 Å². The Morgan fingerprint density at radius 1 is 1.07 bits per heavy atom. The molecule has 5 rings (SSSR count). The molecule has 2 aromatic heterocycles. The van der Waals surface area contributed by atoms with Gasteiger partial charge in [0.25, 0.3) is 5.91 Å². The van der Waals surface area contributed by atoms with Gasteiger partial charge in [-0.3, -0.25) is 9.78 Å². The molecule has 0 fully saturated rings. The number of aromatic nitrogens is 2. The van der Waals surface area contributed by atoms with E-state index in [0.717, 1.165) is 45.9 Å². The number of nitrogens with one attached hydrogen (secondary N) is 1. The average Bonchev–Trinajstić information content (AvgIpc) is 3.16. The molecule has 0 saturated heterocycles. The number of rotatable bonds is 4. The van der Waals surface area contributed by atoms with E-state index in [9.17, 15) is 4.79 Å². The zero-order valence-electron chi connectivity index (χ0n) is 15.6. The van der Waals surface area contributed by atoms with Crippen LogP contribution >= 0.6 is 11.3 Å². The van der Waals surface area contributed by atoms with Gasteiger partial charge < -0.3 is 5.32 Å². The molecule has 1 aliphatic rings. The Morgan fingerprint density at radius 2 is 1.93 bits per heavy atom. The smallest absolute Gasteiger partial charge is 0.253 e. The summed E-state index contributed by atoms with van der Waals surface area (Å²) >= 11 is 1.81. The molecule has 28 heavy (non-hydrogen) atoms. The van der Waals surface area contributed by atoms with E-state index in [1.165, 1.54) is 23.4 Å². The van der Waals surface area contributed by atoms with Crippen molar-refractivity contribution >= 4 is 38.9 Å². The van der Waals surface area contributed by atoms with Gasteiger partial charge in [0.05, 0.1) is 21.8 Å². The predicted molar refractivity (Wildman–Crippen MR) is 114 cm³/mol. The fraction of sp³-hybridized carbons (Fsp3) is 0.261. The van der Waals surface area contributed by atoms with Gasteiger partial charge in [0, 0.05) is 29.4 Å². The number of nitrogens with zero attached hydrogens (tertiary/aromatic N) is 2. The van der Waals surface area contributed by atoms with Crippen molar-refractivity contribution in [2.75, 3.05) is 6.54 Å². The van der Waals surface area contributed by atoms with Crippen LogP contribution in [0.15, 0.2) is 48.7 Å². The van der Waals surface area contributed by atoms with Crippen molar-refractivity contribution in [3.05, 3.63) is 69.8 Å². The van der Waals surface area contributed by atoms with Crippen molar-refractivity contribution in [3.8, 4) is 0 Å². The van der Waals surface area contributed by atoms with Gasteiger partial charge in [-0.2, -0.15) is 0 Å². The van der Waals surface area contributed by atoms with E-state index < -0.39 is 0 Å². The van der Waals surface area contributed by atoms with Crippen molar-refractivity contribution < 1.29 is 4.79 Å². The van der Waals surface area contributed by atoms with E-state index in [1.807, 2.05) is 47.7 Å². The van der Waals surface area contributed by atoms with Gasteiger partial charge in [0.1, 0.15) is 0 Å². The summed E-state index contributed by atoms with van der Waals surface area (Å²) in [4.78, 5) is 23.6. The lowest BCUT2D eigenvalue weighted by atomic mass is 10.0. The van der Waals surface area contributed by atoms with Gasteiger partial charge in [0.2, 0.25) is 0 Å². The first-order valence-electron chi connectivity index (χ1n) is 9.82. The summed E-state index contributed by atoms with van der Waals surface area (Å²) in [6.07, 6.45) is 7.31. The molecular formula is C23H21N3OS. The van der Waals surface area contributed by atoms with E-state index in [2.05, 4.69) is 16.4 Å². The summed E-state index contributed by atoms with van der Waals surface area (Å²) in [5, 5.41) is 7.39. The van der Waals surface area contributed by atoms with Gasteiger partial charge in [0.15, 0.2) is 0 Å². The first kappa shape index (κ1) is 17.3. The van der Waals surface area contributed by atoms with Crippen LogP contribution in [0.5, 0.6) is 0 Å². The molecule has 1 aliphatic carbocycles. The molecule has 0 unspecified atom stereocenters. The van der Waals surface area contributed by atoms with E-state index in [-0.39, 0.29) is 5.91 Å². The molecule has 140 valence electrons. The molecule has 0 radical (unpaired) electrons. The molecule has 5 heteroatoms. The minimum absolute atomic E-state index is 0.0734. The topological polar surface area (TPSA) is 54.9 Å². The van der Waals surface area contributed by atoms with Crippen LogP contribution in [0.25, 0.3) is 21.7 Å². The summed E-state index contributed by atoms with van der Waals surface area (Å²) in [5.41, 5.74) is 2.67. The van der Waals surface area contributed by atoms with E-state index in [4.69, 9.17) is 4.98 Å². The molecule has 4 aromatic rings. The predicted octanol–water partition coefficient (Wildman–Crippen LogP) is 4.70. The highest BCUT2D eigenvalue weighted by molar-refractivity contribution is 7.11. The molecule has 4 nitrogen and oxygen atoms in total. The molecule has 2 aromatic carbocycles. The lowest BCUT2D eigenvalue weighted by Gasteiger charge is -2.10. The number of carbonyl (C=O) groups excluding carboxylic acids is 1. The summed E-state index contributed by atoms with van der Waals surface area (Å²) in [5.74, 6) is -0.0734. The Balaban J connectivity index is 1.37. The number of amides is 1. The zero-order chi connectivity index (χ0) is 18.9. The standard InChI is InChI=1S/C23H21N3OS/c27-23(25-13-11-21-26-19-9-3-4-10-20(19)28-21)18-14-15-6-1-2-7-16(15)17-8-5-12-24-22(17)18/h1-2,5-8,12,14H,3-4,9-11,13H2,(H,25,27). The summed E-state index contributed by atoms with van der Waals surface area (Å²) in [7, 11) is 0. The Bertz CT molecular complexity index is 1160. The SMILES string of the molecule is O=C(NCCc1nc2c(s1)CCCC2)c1cc2ccccc2c2cccnc12. The number of thiazole rings is 1. The van der Waals surface area contributed by atoms with Crippen LogP contribution in [0, 0.1) is 0 Å². The molecule has 2 heterocycles. The van der Waals surface area contributed by atoms with Crippen LogP contribution in [0.1, 0.15) is 38.8 Å². The third-order valence-corrected chi connectivity index (χ3v) is 6.59. The molecule has 0 spiro atoms. The normalized spacial score (nSPS) is 13.6. The van der Waals surface area contributed by atoms with Crippen LogP contribution in [-0.4, -0.2) is 22.4 Å². The summed E-state index contributed by atoms with van der Waals surface area (Å²) in [6.45, 7) is 0.590. The Morgan fingerprint density at radius 3 is 2.86 bits per heavy atom. The van der Waals surface area contributed by atoms with Gasteiger partial charge in [-0.25, -0.2) is 4.98 Å². The fourth-order valence-corrected chi connectivity index (χ4v) is 5.15. The van der Waals surface area contributed by atoms with Crippen LogP contribution < -0.4 is 5.32 Å². The molecule has 0 bridgehead atoms. The van der Waals surface area contributed by atoms with Crippen molar-refractivity contribution in [1.29, 1.82) is 0 Å². The Labute approximate surface area is 167 Å². The summed E-state index contributed by atoms with van der Waals surface area (Å²) in [6, 6.07) is 14.0. The third-order valence-electron chi connectivity index (χ3n) is 5.37. The van der Waals surface area contributed by atoms with Crippen LogP contribution in [0.3, 0.4) is 0 Å². The molecule has 1 N–H and O–H groups in total. The number of fused-ring (bicyclic) bond motifs is 4. The van der Waals surface area contributed by atoms with Gasteiger partial charge in [-0.05, 0) is 48.6 Å². The summed E-state index contributed by atoms with van der Waals surface area (Å²) < 4.78 is 0. The maximum Gasteiger partial charge on any atom is 0.253 e. The Kier molecular flexibility index (Phi) is 4.53. The minimum Gasteiger partial charge on any atom is -0.352 e. The number of hydrogen-bond donors (Lipinski definition) is 1. The number of benzene rings is 2. The average molecular weight is 388 g/mol. The first-order valence-corrected chi connectivity index (χ1v) is 10.6. The third kappa shape index (κ3) is 3.16. The molecule has 0 saturated carbocycles. The highest BCUT2D eigenvalue weighted by Gasteiger charge is 2.16. The second-order valence-corrected chi connectivity index (χ2v) is 8.40. The van der Waals surface area contributed by atoms with Crippen LogP contribution in [-0.2, 0) is 19.3 Å². The quantitative estimate of drug-likeness (QED) is 0.517. The number of aryl methyl sites for hydroxylation is 2. The molecular weight excluding hydrogens is 366 g/mol. The lowest BCUT2D eigenvalue weighted by Crippen LogP contribution is -2.26. The fourth-order valence-electron chi connectivity index (χ4n) is 3.99. The maximum atomic E-state index is 12.9. The van der Waals surface area contributed by atoms with Crippen LogP contribution in [0.4, 0.5) is 0 Å². The monoisotopic (exact) mass is 387 g/mol. The lowest BCUT2D eigenvalue weighted by molar-refractivity contribution is 0.0955. The van der Waals surface area contributed by atoms with E-state index in [1.54, 1.807) is 6.20 Å². The second-order valence-electron chi connectivity index (χ2n) is 7.24. The molecule has 1 amide bonds. The number of pyridine rings is 1. The second kappa shape index (κ2) is 7.32.